The Labute approximate surface area is 97.1 Å². The Morgan fingerprint density at radius 2 is 1.75 bits per heavy atom. The van der Waals surface area contributed by atoms with E-state index in [2.05, 4.69) is 43.4 Å². The normalized spacial score (nSPS) is 17.2. The van der Waals surface area contributed by atoms with Crippen molar-refractivity contribution in [1.29, 1.82) is 0 Å². The number of carbonyl (C=O) groups excluding carboxylic acids is 1. The third-order valence-electron chi connectivity index (χ3n) is 3.66. The van der Waals surface area contributed by atoms with Gasteiger partial charge in [0.2, 0.25) is 5.91 Å². The Morgan fingerprint density at radius 3 is 2.12 bits per heavy atom. The van der Waals surface area contributed by atoms with E-state index in [0.717, 1.165) is 12.8 Å². The summed E-state index contributed by atoms with van der Waals surface area (Å²) >= 11 is 0. The van der Waals surface area contributed by atoms with Crippen LogP contribution >= 0.6 is 0 Å². The smallest absolute Gasteiger partial charge is 0.217 e. The summed E-state index contributed by atoms with van der Waals surface area (Å²) < 4.78 is 0. The number of carbonyl (C=O) groups is 1. The first-order valence-corrected chi connectivity index (χ1v) is 5.89. The molecule has 0 aliphatic heterocycles. The van der Waals surface area contributed by atoms with Gasteiger partial charge in [0.1, 0.15) is 0 Å². The summed E-state index contributed by atoms with van der Waals surface area (Å²) in [4.78, 5) is 11.3. The number of hydrogen-bond donors (Lipinski definition) is 1. The molecule has 0 atom stereocenters. The van der Waals surface area contributed by atoms with E-state index in [-0.39, 0.29) is 11.4 Å². The lowest BCUT2D eigenvalue weighted by molar-refractivity contribution is -0.121. The molecule has 1 amide bonds. The van der Waals surface area contributed by atoms with Crippen LogP contribution in [0.2, 0.25) is 0 Å². The second-order valence-corrected chi connectivity index (χ2v) is 5.11. The zero-order chi connectivity index (χ0) is 11.8. The lowest BCUT2D eigenvalue weighted by atomic mass is 9.83. The first kappa shape index (κ1) is 11.2. The molecule has 86 valence electrons. The Bertz CT molecular complexity index is 384. The van der Waals surface area contributed by atoms with E-state index in [1.165, 1.54) is 11.1 Å². The molecule has 0 saturated carbocycles. The molecular weight excluding hydrogens is 198 g/mol. The van der Waals surface area contributed by atoms with E-state index in [4.69, 9.17) is 0 Å². The van der Waals surface area contributed by atoms with Crippen molar-refractivity contribution in [3.8, 4) is 0 Å². The molecule has 0 spiro atoms. The summed E-state index contributed by atoms with van der Waals surface area (Å²) in [5.74, 6) is 0.519. The van der Waals surface area contributed by atoms with Gasteiger partial charge in [-0.25, -0.2) is 0 Å². The molecule has 0 heterocycles. The first-order valence-electron chi connectivity index (χ1n) is 5.89. The quantitative estimate of drug-likeness (QED) is 0.809. The van der Waals surface area contributed by atoms with Gasteiger partial charge in [0.15, 0.2) is 0 Å². The zero-order valence-electron chi connectivity index (χ0n) is 10.2. The molecule has 0 unspecified atom stereocenters. The highest BCUT2D eigenvalue weighted by Gasteiger charge is 2.40. The Kier molecular flexibility index (Phi) is 2.75. The minimum Gasteiger partial charge on any atom is -0.350 e. The van der Waals surface area contributed by atoms with Crippen LogP contribution in [0.1, 0.15) is 31.9 Å². The maximum atomic E-state index is 11.3. The minimum absolute atomic E-state index is 0.0708. The predicted octanol–water partition coefficient (Wildman–Crippen LogP) is 2.32. The van der Waals surface area contributed by atoms with Crippen molar-refractivity contribution < 1.29 is 4.79 Å². The summed E-state index contributed by atoms with van der Waals surface area (Å²) in [7, 11) is 0. The maximum Gasteiger partial charge on any atom is 0.217 e. The van der Waals surface area contributed by atoms with E-state index >= 15 is 0 Å². The van der Waals surface area contributed by atoms with Gasteiger partial charge in [-0.1, -0.05) is 38.1 Å². The van der Waals surface area contributed by atoms with E-state index < -0.39 is 0 Å². The zero-order valence-corrected chi connectivity index (χ0v) is 10.2. The largest absolute Gasteiger partial charge is 0.350 e. The summed E-state index contributed by atoms with van der Waals surface area (Å²) in [6, 6.07) is 8.48. The molecule has 16 heavy (non-hydrogen) atoms. The van der Waals surface area contributed by atoms with Gasteiger partial charge >= 0.3 is 0 Å². The molecule has 2 nitrogen and oxygen atoms in total. The molecule has 0 radical (unpaired) electrons. The Morgan fingerprint density at radius 1 is 1.25 bits per heavy atom. The van der Waals surface area contributed by atoms with Crippen molar-refractivity contribution in [2.45, 2.75) is 39.2 Å². The SMILES string of the molecule is CC(=O)NC1(C(C)C)Cc2ccccc2C1. The molecule has 2 heteroatoms. The number of rotatable bonds is 2. The standard InChI is InChI=1S/C14H19NO/c1-10(2)14(15-11(3)16)8-12-6-4-5-7-13(12)9-14/h4-7,10H,8-9H2,1-3H3,(H,15,16). The van der Waals surface area contributed by atoms with Gasteiger partial charge < -0.3 is 5.32 Å². The third kappa shape index (κ3) is 1.84. The van der Waals surface area contributed by atoms with Gasteiger partial charge in [-0.2, -0.15) is 0 Å². The Balaban J connectivity index is 2.31. The van der Waals surface area contributed by atoms with Crippen molar-refractivity contribution in [3.05, 3.63) is 35.4 Å². The van der Waals surface area contributed by atoms with Crippen molar-refractivity contribution in [2.24, 2.45) is 5.92 Å². The van der Waals surface area contributed by atoms with Crippen LogP contribution in [-0.4, -0.2) is 11.4 Å². The molecule has 1 aromatic rings. The average Bonchev–Trinajstić information content (AvgIpc) is 2.55. The summed E-state index contributed by atoms with van der Waals surface area (Å²) in [6.45, 7) is 5.97. The van der Waals surface area contributed by atoms with Crippen LogP contribution in [0.3, 0.4) is 0 Å². The highest BCUT2D eigenvalue weighted by atomic mass is 16.1. The van der Waals surface area contributed by atoms with Gasteiger partial charge in [-0.05, 0) is 29.9 Å². The Hall–Kier alpha value is -1.31. The van der Waals surface area contributed by atoms with E-state index in [0.29, 0.717) is 5.92 Å². The number of amides is 1. The molecule has 0 bridgehead atoms. The van der Waals surface area contributed by atoms with Gasteiger partial charge in [-0.15, -0.1) is 0 Å². The molecule has 2 rings (SSSR count). The fourth-order valence-corrected chi connectivity index (χ4v) is 2.64. The van der Waals surface area contributed by atoms with Crippen molar-refractivity contribution >= 4 is 5.91 Å². The molecule has 1 aliphatic carbocycles. The molecular formula is C14H19NO. The summed E-state index contributed by atoms with van der Waals surface area (Å²) in [6.07, 6.45) is 1.92. The van der Waals surface area contributed by atoms with Gasteiger partial charge in [0.25, 0.3) is 0 Å². The van der Waals surface area contributed by atoms with Crippen molar-refractivity contribution in [3.63, 3.8) is 0 Å². The van der Waals surface area contributed by atoms with Crippen LogP contribution in [-0.2, 0) is 17.6 Å². The lowest BCUT2D eigenvalue weighted by Crippen LogP contribution is -2.52. The fourth-order valence-electron chi connectivity index (χ4n) is 2.64. The average molecular weight is 217 g/mol. The number of fused-ring (bicyclic) bond motifs is 1. The van der Waals surface area contributed by atoms with Crippen molar-refractivity contribution in [2.75, 3.05) is 0 Å². The monoisotopic (exact) mass is 217 g/mol. The lowest BCUT2D eigenvalue weighted by Gasteiger charge is -2.34. The highest BCUT2D eigenvalue weighted by Crippen LogP contribution is 2.35. The summed E-state index contributed by atoms with van der Waals surface area (Å²) in [5, 5.41) is 3.16. The molecule has 1 aliphatic rings. The molecule has 1 aromatic carbocycles. The molecule has 0 aromatic heterocycles. The molecule has 0 saturated heterocycles. The van der Waals surface area contributed by atoms with E-state index in [1.54, 1.807) is 6.92 Å². The fraction of sp³-hybridized carbons (Fsp3) is 0.500. The second kappa shape index (κ2) is 3.93. The molecule has 1 N–H and O–H groups in total. The summed E-state index contributed by atoms with van der Waals surface area (Å²) in [5.41, 5.74) is 2.69. The maximum absolute atomic E-state index is 11.3. The highest BCUT2D eigenvalue weighted by molar-refractivity contribution is 5.74. The topological polar surface area (TPSA) is 29.1 Å². The predicted molar refractivity (Wildman–Crippen MR) is 65.2 cm³/mol. The van der Waals surface area contributed by atoms with Crippen LogP contribution in [0.15, 0.2) is 24.3 Å². The first-order chi connectivity index (χ1) is 7.53. The van der Waals surface area contributed by atoms with Crippen LogP contribution < -0.4 is 5.32 Å². The van der Waals surface area contributed by atoms with E-state index in [1.807, 2.05) is 0 Å². The van der Waals surface area contributed by atoms with Crippen LogP contribution in [0.4, 0.5) is 0 Å². The minimum atomic E-state index is -0.0739. The van der Waals surface area contributed by atoms with Crippen LogP contribution in [0.25, 0.3) is 0 Å². The van der Waals surface area contributed by atoms with Crippen LogP contribution in [0.5, 0.6) is 0 Å². The number of nitrogens with one attached hydrogen (secondary N) is 1. The van der Waals surface area contributed by atoms with E-state index in [9.17, 15) is 4.79 Å². The number of hydrogen-bond acceptors (Lipinski definition) is 1. The van der Waals surface area contributed by atoms with Gasteiger partial charge in [0, 0.05) is 6.92 Å². The third-order valence-corrected chi connectivity index (χ3v) is 3.66. The van der Waals surface area contributed by atoms with Crippen molar-refractivity contribution in [1.82, 2.24) is 5.32 Å². The van der Waals surface area contributed by atoms with Gasteiger partial charge in [-0.3, -0.25) is 4.79 Å². The number of benzene rings is 1. The van der Waals surface area contributed by atoms with Gasteiger partial charge in [0.05, 0.1) is 5.54 Å². The van der Waals surface area contributed by atoms with Crippen LogP contribution in [0, 0.1) is 5.92 Å². The molecule has 0 fully saturated rings. The second-order valence-electron chi connectivity index (χ2n) is 5.11.